The van der Waals surface area contributed by atoms with Gasteiger partial charge in [0.15, 0.2) is 0 Å². The molecule has 0 radical (unpaired) electrons. The molecule has 0 aromatic heterocycles. The third-order valence-corrected chi connectivity index (χ3v) is 5.76. The third-order valence-electron chi connectivity index (χ3n) is 3.59. The first-order valence-corrected chi connectivity index (χ1v) is 9.44. The zero-order valence-corrected chi connectivity index (χ0v) is 14.5. The van der Waals surface area contributed by atoms with Gasteiger partial charge in [0.1, 0.15) is 0 Å². The largest absolute Gasteiger partial charge is 0.373 e. The molecule has 2 unspecified atom stereocenters. The smallest absolute Gasteiger partial charge is 0.215 e. The number of ether oxygens (including phenoxy) is 1. The molecule has 2 rings (SSSR count). The van der Waals surface area contributed by atoms with E-state index < -0.39 is 10.0 Å². The van der Waals surface area contributed by atoms with Crippen LogP contribution in [0.15, 0.2) is 24.3 Å². The van der Waals surface area contributed by atoms with E-state index >= 15 is 0 Å². The van der Waals surface area contributed by atoms with Crippen LogP contribution in [0.5, 0.6) is 0 Å². The summed E-state index contributed by atoms with van der Waals surface area (Å²) in [7, 11) is -3.26. The standard InChI is InChI=1S/C15H23ClN2O3S/c1-12-10-18(11-13(2)21-12)22(19,20)8-7-17-9-14-5-3-4-6-15(14)16/h3-6,12-13,17H,7-11H2,1-2H3. The van der Waals surface area contributed by atoms with Crippen LogP contribution in [0.1, 0.15) is 19.4 Å². The van der Waals surface area contributed by atoms with Crippen molar-refractivity contribution >= 4 is 21.6 Å². The molecule has 1 fully saturated rings. The maximum Gasteiger partial charge on any atom is 0.215 e. The molecule has 1 saturated heterocycles. The fourth-order valence-corrected chi connectivity index (χ4v) is 4.29. The molecular weight excluding hydrogens is 324 g/mol. The Bertz CT molecular complexity index is 584. The Morgan fingerprint density at radius 2 is 1.91 bits per heavy atom. The second-order valence-electron chi connectivity index (χ2n) is 5.66. The molecular formula is C15H23ClN2O3S. The van der Waals surface area contributed by atoms with Gasteiger partial charge in [-0.15, -0.1) is 0 Å². The Labute approximate surface area is 137 Å². The minimum absolute atomic E-state index is 0.0605. The number of benzene rings is 1. The van der Waals surface area contributed by atoms with Crippen LogP contribution in [0, 0.1) is 0 Å². The van der Waals surface area contributed by atoms with Crippen molar-refractivity contribution < 1.29 is 13.2 Å². The van der Waals surface area contributed by atoms with Gasteiger partial charge in [0.25, 0.3) is 0 Å². The molecule has 22 heavy (non-hydrogen) atoms. The summed E-state index contributed by atoms with van der Waals surface area (Å²) in [5.41, 5.74) is 0.968. The van der Waals surface area contributed by atoms with Gasteiger partial charge < -0.3 is 10.1 Å². The summed E-state index contributed by atoms with van der Waals surface area (Å²) >= 11 is 6.07. The molecule has 0 saturated carbocycles. The highest BCUT2D eigenvalue weighted by molar-refractivity contribution is 7.89. The fraction of sp³-hybridized carbons (Fsp3) is 0.600. The maximum absolute atomic E-state index is 12.4. The minimum Gasteiger partial charge on any atom is -0.373 e. The van der Waals surface area contributed by atoms with Crippen molar-refractivity contribution in [3.05, 3.63) is 34.9 Å². The Morgan fingerprint density at radius 1 is 1.27 bits per heavy atom. The second kappa shape index (κ2) is 7.75. The van der Waals surface area contributed by atoms with E-state index in [1.54, 1.807) is 0 Å². The lowest BCUT2D eigenvalue weighted by atomic mass is 10.2. The molecule has 1 aromatic carbocycles. The summed E-state index contributed by atoms with van der Waals surface area (Å²) in [6.45, 7) is 5.61. The summed E-state index contributed by atoms with van der Waals surface area (Å²) in [5, 5.41) is 3.83. The van der Waals surface area contributed by atoms with Crippen LogP contribution < -0.4 is 5.32 Å². The van der Waals surface area contributed by atoms with E-state index in [4.69, 9.17) is 16.3 Å². The number of morpholine rings is 1. The number of nitrogens with one attached hydrogen (secondary N) is 1. The van der Waals surface area contributed by atoms with E-state index in [9.17, 15) is 8.42 Å². The van der Waals surface area contributed by atoms with Gasteiger partial charge in [0.05, 0.1) is 18.0 Å². The zero-order valence-electron chi connectivity index (χ0n) is 13.0. The summed E-state index contributed by atoms with van der Waals surface area (Å²) in [6, 6.07) is 7.54. The van der Waals surface area contributed by atoms with Crippen molar-refractivity contribution in [2.75, 3.05) is 25.4 Å². The van der Waals surface area contributed by atoms with Crippen LogP contribution in [-0.2, 0) is 21.3 Å². The van der Waals surface area contributed by atoms with Gasteiger partial charge in [-0.3, -0.25) is 0 Å². The van der Waals surface area contributed by atoms with Crippen LogP contribution >= 0.6 is 11.6 Å². The molecule has 0 amide bonds. The number of rotatable bonds is 6. The van der Waals surface area contributed by atoms with E-state index in [0.717, 1.165) is 5.56 Å². The van der Waals surface area contributed by atoms with E-state index in [0.29, 0.717) is 31.2 Å². The van der Waals surface area contributed by atoms with Gasteiger partial charge in [-0.2, -0.15) is 4.31 Å². The highest BCUT2D eigenvalue weighted by Gasteiger charge is 2.30. The average molecular weight is 347 g/mol. The molecule has 1 aromatic rings. The van der Waals surface area contributed by atoms with Gasteiger partial charge in [-0.05, 0) is 25.5 Å². The SMILES string of the molecule is CC1CN(S(=O)(=O)CCNCc2ccccc2Cl)CC(C)O1. The van der Waals surface area contributed by atoms with Crippen LogP contribution in [0.3, 0.4) is 0 Å². The van der Waals surface area contributed by atoms with Crippen LogP contribution in [0.25, 0.3) is 0 Å². The maximum atomic E-state index is 12.4. The predicted molar refractivity (Wildman–Crippen MR) is 88.5 cm³/mol. The first-order valence-electron chi connectivity index (χ1n) is 7.46. The molecule has 5 nitrogen and oxygen atoms in total. The Balaban J connectivity index is 1.81. The van der Waals surface area contributed by atoms with Crippen molar-refractivity contribution in [1.82, 2.24) is 9.62 Å². The molecule has 124 valence electrons. The van der Waals surface area contributed by atoms with Crippen LogP contribution in [0.4, 0.5) is 0 Å². The lowest BCUT2D eigenvalue weighted by Crippen LogP contribution is -2.49. The van der Waals surface area contributed by atoms with Gasteiger partial charge in [0, 0.05) is 31.2 Å². The lowest BCUT2D eigenvalue weighted by Gasteiger charge is -2.34. The van der Waals surface area contributed by atoms with Crippen molar-refractivity contribution in [3.8, 4) is 0 Å². The Hall–Kier alpha value is -0.660. The van der Waals surface area contributed by atoms with E-state index in [2.05, 4.69) is 5.32 Å². The first-order chi connectivity index (χ1) is 10.4. The van der Waals surface area contributed by atoms with Crippen molar-refractivity contribution in [1.29, 1.82) is 0 Å². The summed E-state index contributed by atoms with van der Waals surface area (Å²) in [6.07, 6.45) is -0.121. The number of hydrogen-bond acceptors (Lipinski definition) is 4. The van der Waals surface area contributed by atoms with Gasteiger partial charge in [-0.1, -0.05) is 29.8 Å². The summed E-state index contributed by atoms with van der Waals surface area (Å²) in [5.74, 6) is 0.0803. The van der Waals surface area contributed by atoms with Gasteiger partial charge in [-0.25, -0.2) is 8.42 Å². The monoisotopic (exact) mass is 346 g/mol. The molecule has 1 aliphatic heterocycles. The normalized spacial score (nSPS) is 23.6. The van der Waals surface area contributed by atoms with E-state index in [1.807, 2.05) is 38.1 Å². The topological polar surface area (TPSA) is 58.6 Å². The molecule has 7 heteroatoms. The highest BCUT2D eigenvalue weighted by atomic mass is 35.5. The molecule has 0 bridgehead atoms. The number of sulfonamides is 1. The van der Waals surface area contributed by atoms with Crippen molar-refractivity contribution in [3.63, 3.8) is 0 Å². The quantitative estimate of drug-likeness (QED) is 0.799. The molecule has 1 N–H and O–H groups in total. The van der Waals surface area contributed by atoms with Crippen molar-refractivity contribution in [2.45, 2.75) is 32.6 Å². The van der Waals surface area contributed by atoms with Crippen LogP contribution in [0.2, 0.25) is 5.02 Å². The van der Waals surface area contributed by atoms with E-state index in [1.165, 1.54) is 4.31 Å². The summed E-state index contributed by atoms with van der Waals surface area (Å²) < 4.78 is 31.8. The first kappa shape index (κ1) is 17.7. The minimum atomic E-state index is -3.26. The zero-order chi connectivity index (χ0) is 16.2. The molecule has 2 atom stereocenters. The molecule has 0 aliphatic carbocycles. The van der Waals surface area contributed by atoms with Crippen LogP contribution in [-0.4, -0.2) is 50.3 Å². The Morgan fingerprint density at radius 3 is 2.55 bits per heavy atom. The fourth-order valence-electron chi connectivity index (χ4n) is 2.55. The second-order valence-corrected chi connectivity index (χ2v) is 8.15. The predicted octanol–water partition coefficient (Wildman–Crippen LogP) is 1.87. The third kappa shape index (κ3) is 4.93. The highest BCUT2D eigenvalue weighted by Crippen LogP contribution is 2.15. The molecule has 1 heterocycles. The molecule has 1 aliphatic rings. The van der Waals surface area contributed by atoms with Gasteiger partial charge in [0.2, 0.25) is 10.0 Å². The van der Waals surface area contributed by atoms with E-state index in [-0.39, 0.29) is 18.0 Å². The number of nitrogens with zero attached hydrogens (tertiary/aromatic N) is 1. The molecule has 0 spiro atoms. The number of hydrogen-bond donors (Lipinski definition) is 1. The van der Waals surface area contributed by atoms with Gasteiger partial charge >= 0.3 is 0 Å². The number of halogens is 1. The summed E-state index contributed by atoms with van der Waals surface area (Å²) in [4.78, 5) is 0. The van der Waals surface area contributed by atoms with Crippen molar-refractivity contribution in [2.24, 2.45) is 0 Å². The lowest BCUT2D eigenvalue weighted by molar-refractivity contribution is -0.0440. The average Bonchev–Trinajstić information content (AvgIpc) is 2.44. The Kier molecular flexibility index (Phi) is 6.23.